The summed E-state index contributed by atoms with van der Waals surface area (Å²) >= 11 is 5.95. The van der Waals surface area contributed by atoms with Crippen LogP contribution in [0.2, 0.25) is 5.02 Å². The first kappa shape index (κ1) is 9.56. The predicted molar refractivity (Wildman–Crippen MR) is 55.1 cm³/mol. The van der Waals surface area contributed by atoms with Gasteiger partial charge in [-0.2, -0.15) is 0 Å². The van der Waals surface area contributed by atoms with Crippen molar-refractivity contribution in [1.82, 2.24) is 0 Å². The van der Waals surface area contributed by atoms with Crippen molar-refractivity contribution in [2.45, 2.75) is 12.5 Å². The second-order valence-corrected chi connectivity index (χ2v) is 3.57. The average Bonchev–Trinajstić information content (AvgIpc) is 2.70. The summed E-state index contributed by atoms with van der Waals surface area (Å²) in [5.41, 5.74) is 0.697. The third kappa shape index (κ3) is 1.76. The van der Waals surface area contributed by atoms with Crippen LogP contribution in [-0.2, 0) is 4.74 Å². The van der Waals surface area contributed by atoms with Crippen LogP contribution in [0.25, 0.3) is 0 Å². The van der Waals surface area contributed by atoms with Crippen molar-refractivity contribution in [2.24, 2.45) is 0 Å². The number of rotatable bonds is 2. The third-order valence-corrected chi connectivity index (χ3v) is 2.55. The Bertz CT molecular complexity index is 360. The first-order chi connectivity index (χ1) is 6.79. The zero-order valence-corrected chi connectivity index (χ0v) is 8.37. The van der Waals surface area contributed by atoms with Crippen molar-refractivity contribution in [2.75, 3.05) is 6.61 Å². The van der Waals surface area contributed by atoms with Crippen LogP contribution in [0.1, 0.15) is 18.1 Å². The number of ether oxygens (including phenoxy) is 1. The maximum Gasteiger partial charge on any atom is 0.137 e. The van der Waals surface area contributed by atoms with Crippen LogP contribution in [0.4, 0.5) is 0 Å². The second kappa shape index (κ2) is 4.03. The van der Waals surface area contributed by atoms with E-state index in [1.54, 1.807) is 12.1 Å². The van der Waals surface area contributed by atoms with E-state index in [-0.39, 0.29) is 0 Å². The van der Waals surface area contributed by atoms with E-state index in [1.807, 2.05) is 18.2 Å². The fraction of sp³-hybridized carbons (Fsp3) is 0.273. The normalized spacial score (nSPS) is 17.4. The van der Waals surface area contributed by atoms with Crippen LogP contribution in [-0.4, -0.2) is 11.7 Å². The summed E-state index contributed by atoms with van der Waals surface area (Å²) in [4.78, 5) is 0. The zero-order chi connectivity index (χ0) is 9.97. The molecule has 0 radical (unpaired) electrons. The van der Waals surface area contributed by atoms with Crippen molar-refractivity contribution in [3.05, 3.63) is 46.7 Å². The smallest absolute Gasteiger partial charge is 0.137 e. The Morgan fingerprint density at radius 1 is 1.36 bits per heavy atom. The number of hydrogen-bond acceptors (Lipinski definition) is 2. The quantitative estimate of drug-likeness (QED) is 0.813. The van der Waals surface area contributed by atoms with Gasteiger partial charge in [-0.3, -0.25) is 0 Å². The SMILES string of the molecule is OC(C1=CCCO1)c1ccccc1Cl. The molecule has 0 fully saturated rings. The van der Waals surface area contributed by atoms with E-state index in [1.165, 1.54) is 0 Å². The Kier molecular flexibility index (Phi) is 2.75. The summed E-state index contributed by atoms with van der Waals surface area (Å²) < 4.78 is 5.28. The van der Waals surface area contributed by atoms with E-state index in [9.17, 15) is 5.11 Å². The molecule has 1 aliphatic rings. The molecule has 1 unspecified atom stereocenters. The van der Waals surface area contributed by atoms with Gasteiger partial charge in [0.1, 0.15) is 11.9 Å². The molecule has 1 N–H and O–H groups in total. The first-order valence-corrected chi connectivity index (χ1v) is 4.92. The molecular formula is C11H11ClO2. The van der Waals surface area contributed by atoms with Crippen LogP contribution in [0.5, 0.6) is 0 Å². The number of halogens is 1. The van der Waals surface area contributed by atoms with Crippen molar-refractivity contribution in [3.8, 4) is 0 Å². The van der Waals surface area contributed by atoms with Crippen molar-refractivity contribution in [3.63, 3.8) is 0 Å². The zero-order valence-electron chi connectivity index (χ0n) is 7.61. The summed E-state index contributed by atoms with van der Waals surface area (Å²) in [7, 11) is 0. The molecule has 74 valence electrons. The average molecular weight is 211 g/mol. The fourth-order valence-corrected chi connectivity index (χ4v) is 1.72. The van der Waals surface area contributed by atoms with E-state index in [2.05, 4.69) is 0 Å². The summed E-state index contributed by atoms with van der Waals surface area (Å²) in [6, 6.07) is 7.24. The molecule has 2 rings (SSSR count). The summed E-state index contributed by atoms with van der Waals surface area (Å²) in [6.07, 6.45) is 2.02. The first-order valence-electron chi connectivity index (χ1n) is 4.54. The van der Waals surface area contributed by atoms with Gasteiger partial charge in [-0.1, -0.05) is 29.8 Å². The van der Waals surface area contributed by atoms with Gasteiger partial charge in [-0.15, -0.1) is 0 Å². The molecule has 1 atom stereocenters. The molecule has 14 heavy (non-hydrogen) atoms. The molecule has 0 aliphatic carbocycles. The molecule has 1 aromatic rings. The monoisotopic (exact) mass is 210 g/mol. The van der Waals surface area contributed by atoms with Gasteiger partial charge in [0.05, 0.1) is 6.61 Å². The highest BCUT2D eigenvalue weighted by Gasteiger charge is 2.19. The van der Waals surface area contributed by atoms with E-state index in [0.29, 0.717) is 23.0 Å². The fourth-order valence-electron chi connectivity index (χ4n) is 1.48. The molecule has 0 spiro atoms. The minimum absolute atomic E-state index is 0.566. The number of aliphatic hydroxyl groups is 1. The van der Waals surface area contributed by atoms with Crippen molar-refractivity contribution in [1.29, 1.82) is 0 Å². The van der Waals surface area contributed by atoms with Gasteiger partial charge in [0.2, 0.25) is 0 Å². The van der Waals surface area contributed by atoms with Gasteiger partial charge in [0.15, 0.2) is 0 Å². The van der Waals surface area contributed by atoms with E-state index in [4.69, 9.17) is 16.3 Å². The second-order valence-electron chi connectivity index (χ2n) is 3.17. The lowest BCUT2D eigenvalue weighted by Gasteiger charge is -2.13. The van der Waals surface area contributed by atoms with E-state index < -0.39 is 6.10 Å². The molecule has 1 aromatic carbocycles. The Balaban J connectivity index is 2.26. The largest absolute Gasteiger partial charge is 0.495 e. The lowest BCUT2D eigenvalue weighted by Crippen LogP contribution is -2.02. The molecule has 0 saturated heterocycles. The lowest BCUT2D eigenvalue weighted by molar-refractivity contribution is 0.119. The summed E-state index contributed by atoms with van der Waals surface area (Å²) in [6.45, 7) is 0.650. The van der Waals surface area contributed by atoms with Gasteiger partial charge in [-0.25, -0.2) is 0 Å². The Morgan fingerprint density at radius 2 is 2.14 bits per heavy atom. The molecule has 0 aromatic heterocycles. The van der Waals surface area contributed by atoms with Gasteiger partial charge in [-0.05, 0) is 12.1 Å². The summed E-state index contributed by atoms with van der Waals surface area (Å²) in [5.74, 6) is 0.609. The highest BCUT2D eigenvalue weighted by Crippen LogP contribution is 2.30. The highest BCUT2D eigenvalue weighted by atomic mass is 35.5. The standard InChI is InChI=1S/C11H11ClO2/c12-9-5-2-1-4-8(9)11(13)10-6-3-7-14-10/h1-2,4-6,11,13H,3,7H2. The molecular weight excluding hydrogens is 200 g/mol. The molecule has 2 nitrogen and oxygen atoms in total. The molecule has 1 heterocycles. The van der Waals surface area contributed by atoms with E-state index in [0.717, 1.165) is 6.42 Å². The Hall–Kier alpha value is -0.990. The molecule has 1 aliphatic heterocycles. The van der Waals surface area contributed by atoms with Gasteiger partial charge < -0.3 is 9.84 Å². The maximum absolute atomic E-state index is 9.92. The number of hydrogen-bond donors (Lipinski definition) is 1. The van der Waals surface area contributed by atoms with Gasteiger partial charge >= 0.3 is 0 Å². The van der Waals surface area contributed by atoms with Crippen LogP contribution >= 0.6 is 11.6 Å². The van der Waals surface area contributed by atoms with Crippen molar-refractivity contribution < 1.29 is 9.84 Å². The highest BCUT2D eigenvalue weighted by molar-refractivity contribution is 6.31. The predicted octanol–water partition coefficient (Wildman–Crippen LogP) is 2.68. The topological polar surface area (TPSA) is 29.5 Å². The van der Waals surface area contributed by atoms with Crippen LogP contribution < -0.4 is 0 Å². The number of aliphatic hydroxyl groups excluding tert-OH is 1. The minimum atomic E-state index is -0.730. The van der Waals surface area contributed by atoms with Gasteiger partial charge in [0.25, 0.3) is 0 Å². The minimum Gasteiger partial charge on any atom is -0.495 e. The lowest BCUT2D eigenvalue weighted by atomic mass is 10.1. The Labute approximate surface area is 87.8 Å². The number of benzene rings is 1. The van der Waals surface area contributed by atoms with Crippen LogP contribution in [0.15, 0.2) is 36.1 Å². The van der Waals surface area contributed by atoms with Gasteiger partial charge in [0, 0.05) is 17.0 Å². The van der Waals surface area contributed by atoms with Crippen LogP contribution in [0, 0.1) is 0 Å². The maximum atomic E-state index is 9.92. The molecule has 0 bridgehead atoms. The molecule has 0 saturated carbocycles. The van der Waals surface area contributed by atoms with E-state index >= 15 is 0 Å². The molecule has 3 heteroatoms. The third-order valence-electron chi connectivity index (χ3n) is 2.20. The Morgan fingerprint density at radius 3 is 2.79 bits per heavy atom. The van der Waals surface area contributed by atoms with Crippen molar-refractivity contribution >= 4 is 11.6 Å². The summed E-state index contributed by atoms with van der Waals surface area (Å²) in [5, 5.41) is 10.5. The molecule has 0 amide bonds. The van der Waals surface area contributed by atoms with Crippen LogP contribution in [0.3, 0.4) is 0 Å².